The molecule has 2 heterocycles. The highest BCUT2D eigenvalue weighted by molar-refractivity contribution is 7.16. The van der Waals surface area contributed by atoms with Gasteiger partial charge in [-0.1, -0.05) is 18.5 Å². The van der Waals surface area contributed by atoms with E-state index in [4.69, 9.17) is 16.7 Å². The third-order valence-electron chi connectivity index (χ3n) is 3.33. The molecule has 0 saturated carbocycles. The third kappa shape index (κ3) is 2.66. The maximum absolute atomic E-state index is 11.1. The second-order valence-electron chi connectivity index (χ2n) is 4.68. The highest BCUT2D eigenvalue weighted by Gasteiger charge is 2.13. The van der Waals surface area contributed by atoms with Crippen molar-refractivity contribution in [2.24, 2.45) is 0 Å². The predicted octanol–water partition coefficient (Wildman–Crippen LogP) is 4.06. The number of aromatic carboxylic acids is 1. The van der Waals surface area contributed by atoms with Gasteiger partial charge in [0, 0.05) is 11.3 Å². The number of carboxylic acids is 1. The Morgan fingerprint density at radius 2 is 2.19 bits per heavy atom. The lowest BCUT2D eigenvalue weighted by Gasteiger charge is -2.06. The second-order valence-corrected chi connectivity index (χ2v) is 6.48. The summed E-state index contributed by atoms with van der Waals surface area (Å²) in [5.41, 5.74) is 1.94. The molecule has 0 spiro atoms. The molecule has 0 aliphatic heterocycles. The number of halogens is 1. The average Bonchev–Trinajstić information content (AvgIpc) is 3.02. The molecule has 2 aromatic heterocycles. The van der Waals surface area contributed by atoms with Crippen molar-refractivity contribution in [2.45, 2.75) is 19.9 Å². The van der Waals surface area contributed by atoms with Crippen LogP contribution >= 0.6 is 22.9 Å². The summed E-state index contributed by atoms with van der Waals surface area (Å²) in [6.45, 7) is 2.69. The zero-order chi connectivity index (χ0) is 15.0. The second kappa shape index (κ2) is 5.50. The lowest BCUT2D eigenvalue weighted by Crippen LogP contribution is -2.04. The number of nitrogens with zero attached hydrogens (tertiary/aromatic N) is 2. The van der Waals surface area contributed by atoms with Gasteiger partial charge in [0.25, 0.3) is 0 Å². The van der Waals surface area contributed by atoms with Crippen molar-refractivity contribution < 1.29 is 9.90 Å². The first-order valence-electron chi connectivity index (χ1n) is 6.55. The summed E-state index contributed by atoms with van der Waals surface area (Å²) in [6.07, 6.45) is 0.788. The van der Waals surface area contributed by atoms with E-state index in [0.29, 0.717) is 6.54 Å². The van der Waals surface area contributed by atoms with E-state index in [1.165, 1.54) is 11.3 Å². The first kappa shape index (κ1) is 14.1. The van der Waals surface area contributed by atoms with Crippen molar-refractivity contribution in [3.05, 3.63) is 50.9 Å². The van der Waals surface area contributed by atoms with E-state index in [2.05, 4.69) is 9.55 Å². The number of fused-ring (bicyclic) bond motifs is 1. The van der Waals surface area contributed by atoms with Gasteiger partial charge in [-0.05, 0) is 30.3 Å². The van der Waals surface area contributed by atoms with Crippen LogP contribution in [0.15, 0.2) is 30.3 Å². The van der Waals surface area contributed by atoms with E-state index in [1.54, 1.807) is 18.2 Å². The maximum atomic E-state index is 11.1. The number of thiophene rings is 1. The van der Waals surface area contributed by atoms with Crippen LogP contribution in [0.4, 0.5) is 0 Å². The quantitative estimate of drug-likeness (QED) is 0.788. The molecule has 0 radical (unpaired) electrons. The minimum atomic E-state index is -0.929. The molecule has 108 valence electrons. The van der Waals surface area contributed by atoms with Crippen molar-refractivity contribution in [3.63, 3.8) is 0 Å². The van der Waals surface area contributed by atoms with Gasteiger partial charge in [-0.2, -0.15) is 0 Å². The maximum Gasteiger partial charge on any atom is 0.335 e. The molecule has 0 aliphatic carbocycles. The number of hydrogen-bond acceptors (Lipinski definition) is 3. The Balaban J connectivity index is 2.13. The van der Waals surface area contributed by atoms with Crippen LogP contribution in [0.3, 0.4) is 0 Å². The molecule has 0 fully saturated rings. The minimum absolute atomic E-state index is 0.274. The average molecular weight is 321 g/mol. The van der Waals surface area contributed by atoms with Gasteiger partial charge in [-0.15, -0.1) is 11.3 Å². The number of benzene rings is 1. The van der Waals surface area contributed by atoms with Gasteiger partial charge in [0.2, 0.25) is 0 Å². The zero-order valence-electron chi connectivity index (χ0n) is 11.3. The summed E-state index contributed by atoms with van der Waals surface area (Å²) in [6, 6.07) is 8.88. The number of hydrogen-bond donors (Lipinski definition) is 1. The Kier molecular flexibility index (Phi) is 3.69. The minimum Gasteiger partial charge on any atom is -0.478 e. The summed E-state index contributed by atoms with van der Waals surface area (Å²) in [5, 5.41) is 9.15. The number of carbonyl (C=O) groups is 1. The van der Waals surface area contributed by atoms with Gasteiger partial charge >= 0.3 is 5.97 Å². The number of imidazole rings is 1. The van der Waals surface area contributed by atoms with E-state index < -0.39 is 5.97 Å². The van der Waals surface area contributed by atoms with Crippen molar-refractivity contribution in [2.75, 3.05) is 0 Å². The Hall–Kier alpha value is -1.85. The van der Waals surface area contributed by atoms with E-state index in [1.807, 2.05) is 19.1 Å². The largest absolute Gasteiger partial charge is 0.478 e. The molecule has 21 heavy (non-hydrogen) atoms. The SMILES string of the molecule is CCc1nc2ccc(C(=O)O)cc2n1Cc1ccc(Cl)s1. The van der Waals surface area contributed by atoms with E-state index in [9.17, 15) is 4.79 Å². The molecule has 1 aromatic carbocycles. The van der Waals surface area contributed by atoms with Crippen LogP contribution in [-0.4, -0.2) is 20.6 Å². The van der Waals surface area contributed by atoms with Gasteiger partial charge in [0.15, 0.2) is 0 Å². The molecule has 3 rings (SSSR count). The van der Waals surface area contributed by atoms with E-state index in [-0.39, 0.29) is 5.56 Å². The van der Waals surface area contributed by atoms with Gasteiger partial charge in [-0.3, -0.25) is 0 Å². The molecule has 0 bridgehead atoms. The number of rotatable bonds is 4. The first-order chi connectivity index (χ1) is 10.1. The Morgan fingerprint density at radius 1 is 1.38 bits per heavy atom. The summed E-state index contributed by atoms with van der Waals surface area (Å²) in [5.74, 6) is 0.0129. The van der Waals surface area contributed by atoms with Crippen LogP contribution in [0.1, 0.15) is 28.0 Å². The molecule has 4 nitrogen and oxygen atoms in total. The molecular weight excluding hydrogens is 308 g/mol. The number of carboxylic acid groups (broad SMARTS) is 1. The lowest BCUT2D eigenvalue weighted by molar-refractivity contribution is 0.0697. The van der Waals surface area contributed by atoms with Crippen LogP contribution in [0.5, 0.6) is 0 Å². The Bertz CT molecular complexity index is 822. The summed E-state index contributed by atoms with van der Waals surface area (Å²) >= 11 is 7.50. The molecule has 0 unspecified atom stereocenters. The molecule has 0 amide bonds. The Morgan fingerprint density at radius 3 is 2.81 bits per heavy atom. The van der Waals surface area contributed by atoms with Crippen molar-refractivity contribution in [3.8, 4) is 0 Å². The summed E-state index contributed by atoms with van der Waals surface area (Å²) < 4.78 is 2.81. The Labute approximate surface area is 130 Å². The molecule has 1 N–H and O–H groups in total. The summed E-state index contributed by atoms with van der Waals surface area (Å²) in [4.78, 5) is 16.8. The van der Waals surface area contributed by atoms with Crippen molar-refractivity contribution >= 4 is 39.9 Å². The first-order valence-corrected chi connectivity index (χ1v) is 7.74. The third-order valence-corrected chi connectivity index (χ3v) is 4.55. The molecule has 6 heteroatoms. The fraction of sp³-hybridized carbons (Fsp3) is 0.200. The van der Waals surface area contributed by atoms with Crippen LogP contribution in [0, 0.1) is 0 Å². The van der Waals surface area contributed by atoms with Gasteiger partial charge in [0.1, 0.15) is 5.82 Å². The van der Waals surface area contributed by atoms with Crippen LogP contribution in [0.25, 0.3) is 11.0 Å². The van der Waals surface area contributed by atoms with Crippen LogP contribution in [0.2, 0.25) is 4.34 Å². The zero-order valence-corrected chi connectivity index (χ0v) is 12.9. The molecule has 0 saturated heterocycles. The highest BCUT2D eigenvalue weighted by Crippen LogP contribution is 2.25. The van der Waals surface area contributed by atoms with Gasteiger partial charge < -0.3 is 9.67 Å². The normalized spacial score (nSPS) is 11.1. The molecule has 3 aromatic rings. The fourth-order valence-electron chi connectivity index (χ4n) is 2.34. The van der Waals surface area contributed by atoms with Crippen LogP contribution < -0.4 is 0 Å². The fourth-order valence-corrected chi connectivity index (χ4v) is 3.42. The monoisotopic (exact) mass is 320 g/mol. The van der Waals surface area contributed by atoms with E-state index >= 15 is 0 Å². The molecule has 0 atom stereocenters. The number of aryl methyl sites for hydroxylation is 1. The standard InChI is InChI=1S/C15H13ClN2O2S/c1-2-14-17-11-5-3-9(15(19)20)7-12(11)18(14)8-10-4-6-13(16)21-10/h3-7H,2,8H2,1H3,(H,19,20). The number of aromatic nitrogens is 2. The van der Waals surface area contributed by atoms with Gasteiger partial charge in [0.05, 0.1) is 27.5 Å². The topological polar surface area (TPSA) is 55.1 Å². The summed E-state index contributed by atoms with van der Waals surface area (Å²) in [7, 11) is 0. The van der Waals surface area contributed by atoms with Crippen molar-refractivity contribution in [1.82, 2.24) is 9.55 Å². The van der Waals surface area contributed by atoms with E-state index in [0.717, 1.165) is 32.5 Å². The predicted molar refractivity (Wildman–Crippen MR) is 84.5 cm³/mol. The smallest absolute Gasteiger partial charge is 0.335 e. The van der Waals surface area contributed by atoms with Crippen molar-refractivity contribution in [1.29, 1.82) is 0 Å². The highest BCUT2D eigenvalue weighted by atomic mass is 35.5. The lowest BCUT2D eigenvalue weighted by atomic mass is 10.2. The molecule has 0 aliphatic rings. The van der Waals surface area contributed by atoms with Gasteiger partial charge in [-0.25, -0.2) is 9.78 Å². The van der Waals surface area contributed by atoms with Crippen LogP contribution in [-0.2, 0) is 13.0 Å². The molecular formula is C15H13ClN2O2S.